The van der Waals surface area contributed by atoms with Gasteiger partial charge in [-0.05, 0) is 30.9 Å². The van der Waals surface area contributed by atoms with Crippen LogP contribution in [0.1, 0.15) is 32.3 Å². The Hall–Kier alpha value is -2.96. The Morgan fingerprint density at radius 1 is 1.12 bits per heavy atom. The van der Waals surface area contributed by atoms with Crippen LogP contribution in [-0.4, -0.2) is 39.0 Å². The largest absolute Gasteiger partial charge is 0.436 e. The van der Waals surface area contributed by atoms with Crippen molar-refractivity contribution < 1.29 is 14.2 Å². The maximum Gasteiger partial charge on any atom is 0.222 e. The lowest BCUT2D eigenvalue weighted by atomic mass is 10.1. The number of hydrogen-bond donors (Lipinski definition) is 1. The second-order valence-corrected chi connectivity index (χ2v) is 8.76. The second-order valence-electron chi connectivity index (χ2n) is 8.76. The molecule has 0 aliphatic heterocycles. The highest BCUT2D eigenvalue weighted by Gasteiger charge is 2.24. The average Bonchev–Trinajstić information content (AvgIpc) is 3.09. The molecule has 1 N–H and O–H groups in total. The summed E-state index contributed by atoms with van der Waals surface area (Å²) < 4.78 is 22.1. The number of benzene rings is 2. The summed E-state index contributed by atoms with van der Waals surface area (Å²) in [6, 6.07) is 16.3. The molecule has 3 aromatic rings. The van der Waals surface area contributed by atoms with Gasteiger partial charge in [0.15, 0.2) is 11.6 Å². The first kappa shape index (κ1) is 24.7. The summed E-state index contributed by atoms with van der Waals surface area (Å²) in [6.45, 7) is 9.90. The number of aliphatic hydroxyl groups excluding tert-OH is 1. The number of para-hydroxylation sites is 1. The first-order valence-electron chi connectivity index (χ1n) is 11.4. The quantitative estimate of drug-likeness (QED) is 0.354. The minimum atomic E-state index is -0.463. The minimum absolute atomic E-state index is 0.155. The number of nitrogens with zero attached hydrogens (tertiary/aromatic N) is 3. The Bertz CT molecular complexity index is 1030. The summed E-state index contributed by atoms with van der Waals surface area (Å²) in [5, 5.41) is 15.3. The van der Waals surface area contributed by atoms with Gasteiger partial charge in [0, 0.05) is 32.2 Å². The van der Waals surface area contributed by atoms with Gasteiger partial charge in [-0.2, -0.15) is 5.10 Å². The number of hydrogen-bond acceptors (Lipinski definition) is 4. The van der Waals surface area contributed by atoms with Gasteiger partial charge >= 0.3 is 0 Å². The molecule has 1 aromatic heterocycles. The first-order chi connectivity index (χ1) is 15.9. The van der Waals surface area contributed by atoms with Gasteiger partial charge in [0.25, 0.3) is 0 Å². The Balaban J connectivity index is 2.00. The van der Waals surface area contributed by atoms with E-state index >= 15 is 0 Å². The molecule has 33 heavy (non-hydrogen) atoms. The number of aryl methyl sites for hydroxylation is 1. The maximum atomic E-state index is 14.4. The molecule has 1 heterocycles. The molecule has 5 nitrogen and oxygen atoms in total. The van der Waals surface area contributed by atoms with Gasteiger partial charge in [0.1, 0.15) is 5.69 Å². The lowest BCUT2D eigenvalue weighted by molar-refractivity contribution is 0.0953. The summed E-state index contributed by atoms with van der Waals surface area (Å²) in [6.07, 6.45) is 2.79. The molecule has 0 radical (unpaired) electrons. The smallest absolute Gasteiger partial charge is 0.222 e. The molecule has 0 aliphatic rings. The van der Waals surface area contributed by atoms with Crippen molar-refractivity contribution in [3.05, 3.63) is 78.6 Å². The van der Waals surface area contributed by atoms with Crippen molar-refractivity contribution in [2.24, 2.45) is 13.0 Å². The molecule has 0 fully saturated rings. The van der Waals surface area contributed by atoms with E-state index in [1.165, 1.54) is 6.07 Å². The molecule has 0 saturated carbocycles. The minimum Gasteiger partial charge on any atom is -0.436 e. The van der Waals surface area contributed by atoms with Crippen molar-refractivity contribution in [1.82, 2.24) is 14.7 Å². The third-order valence-corrected chi connectivity index (χ3v) is 5.36. The van der Waals surface area contributed by atoms with Crippen LogP contribution in [0.3, 0.4) is 0 Å². The molecule has 2 aromatic carbocycles. The molecule has 1 unspecified atom stereocenters. The Kier molecular flexibility index (Phi) is 8.80. The van der Waals surface area contributed by atoms with Crippen LogP contribution < -0.4 is 4.74 Å². The number of halogens is 1. The van der Waals surface area contributed by atoms with Gasteiger partial charge in [-0.1, -0.05) is 62.4 Å². The van der Waals surface area contributed by atoms with Gasteiger partial charge in [0.2, 0.25) is 5.88 Å². The number of rotatable bonds is 12. The third kappa shape index (κ3) is 6.76. The van der Waals surface area contributed by atoms with Crippen LogP contribution in [-0.2, 0) is 13.6 Å². The lowest BCUT2D eigenvalue weighted by Gasteiger charge is -2.27. The van der Waals surface area contributed by atoms with E-state index in [2.05, 4.69) is 25.3 Å². The summed E-state index contributed by atoms with van der Waals surface area (Å²) >= 11 is 0. The fourth-order valence-electron chi connectivity index (χ4n) is 3.93. The zero-order valence-electron chi connectivity index (χ0n) is 19.7. The van der Waals surface area contributed by atoms with Crippen LogP contribution in [0.15, 0.2) is 67.3 Å². The normalized spacial score (nSPS) is 12.3. The predicted molar refractivity (Wildman–Crippen MR) is 131 cm³/mol. The van der Waals surface area contributed by atoms with Crippen molar-refractivity contribution >= 4 is 0 Å². The number of aromatic nitrogens is 2. The third-order valence-electron chi connectivity index (χ3n) is 5.36. The lowest BCUT2D eigenvalue weighted by Crippen LogP contribution is -2.35. The van der Waals surface area contributed by atoms with E-state index in [1.807, 2.05) is 36.4 Å². The van der Waals surface area contributed by atoms with Crippen molar-refractivity contribution in [3.63, 3.8) is 0 Å². The Morgan fingerprint density at radius 2 is 1.82 bits per heavy atom. The van der Waals surface area contributed by atoms with Crippen LogP contribution in [0.4, 0.5) is 4.39 Å². The molecule has 176 valence electrons. The Morgan fingerprint density at radius 3 is 2.48 bits per heavy atom. The van der Waals surface area contributed by atoms with E-state index in [-0.39, 0.29) is 5.75 Å². The summed E-state index contributed by atoms with van der Waals surface area (Å²) in [5.41, 5.74) is 2.62. The van der Waals surface area contributed by atoms with Crippen LogP contribution in [0, 0.1) is 11.7 Å². The monoisotopic (exact) mass is 451 g/mol. The highest BCUT2D eigenvalue weighted by atomic mass is 19.1. The van der Waals surface area contributed by atoms with Crippen LogP contribution in [0.25, 0.3) is 11.3 Å². The van der Waals surface area contributed by atoms with Crippen molar-refractivity contribution in [2.45, 2.75) is 39.3 Å². The number of aliphatic hydroxyl groups is 1. The molecule has 3 rings (SSSR count). The van der Waals surface area contributed by atoms with E-state index < -0.39 is 11.9 Å². The van der Waals surface area contributed by atoms with E-state index in [9.17, 15) is 9.50 Å². The fourth-order valence-corrected chi connectivity index (χ4v) is 3.93. The molecule has 0 saturated heterocycles. The van der Waals surface area contributed by atoms with Crippen molar-refractivity contribution in [2.75, 3.05) is 13.1 Å². The highest BCUT2D eigenvalue weighted by Crippen LogP contribution is 2.35. The molecule has 0 aliphatic carbocycles. The van der Waals surface area contributed by atoms with Gasteiger partial charge in [-0.25, -0.2) is 9.07 Å². The summed E-state index contributed by atoms with van der Waals surface area (Å²) in [5.74, 6) is 0.630. The second kappa shape index (κ2) is 11.8. The fraction of sp³-hybridized carbons (Fsp3) is 0.370. The van der Waals surface area contributed by atoms with Crippen LogP contribution in [0.2, 0.25) is 0 Å². The molecule has 0 spiro atoms. The van der Waals surface area contributed by atoms with E-state index in [0.717, 1.165) is 29.8 Å². The SMILES string of the molecule is C=CCCC(O)CN(Cc1c(-c2ccccc2)nn(C)c1Oc1ccccc1F)CC(C)C. The van der Waals surface area contributed by atoms with Gasteiger partial charge in [0.05, 0.1) is 11.7 Å². The molecular formula is C27H34FN3O2. The standard InChI is InChI=1S/C27H34FN3O2/c1-5-6-14-22(32)18-31(17-20(2)3)19-23-26(21-12-8-7-9-13-21)29-30(4)27(23)33-25-16-11-10-15-24(25)28/h5,7-13,15-16,20,22,32H,1,6,14,17-19H2,2-4H3. The first-order valence-corrected chi connectivity index (χ1v) is 11.4. The molecule has 0 bridgehead atoms. The summed E-state index contributed by atoms with van der Waals surface area (Å²) in [4.78, 5) is 2.22. The molecule has 0 amide bonds. The van der Waals surface area contributed by atoms with Crippen molar-refractivity contribution in [1.29, 1.82) is 0 Å². The zero-order chi connectivity index (χ0) is 23.8. The van der Waals surface area contributed by atoms with Crippen LogP contribution >= 0.6 is 0 Å². The molecule has 1 atom stereocenters. The topological polar surface area (TPSA) is 50.5 Å². The average molecular weight is 452 g/mol. The molecule has 6 heteroatoms. The van der Waals surface area contributed by atoms with Crippen molar-refractivity contribution in [3.8, 4) is 22.9 Å². The number of allylic oxidation sites excluding steroid dienone is 1. The maximum absolute atomic E-state index is 14.4. The summed E-state index contributed by atoms with van der Waals surface area (Å²) in [7, 11) is 1.80. The zero-order valence-corrected chi connectivity index (χ0v) is 19.7. The van der Waals surface area contributed by atoms with Gasteiger partial charge < -0.3 is 9.84 Å². The van der Waals surface area contributed by atoms with E-state index in [0.29, 0.717) is 31.3 Å². The Labute approximate surface area is 196 Å². The highest BCUT2D eigenvalue weighted by molar-refractivity contribution is 5.65. The molecular weight excluding hydrogens is 417 g/mol. The predicted octanol–water partition coefficient (Wildman–Crippen LogP) is 5.80. The van der Waals surface area contributed by atoms with Gasteiger partial charge in [-0.3, -0.25) is 4.90 Å². The van der Waals surface area contributed by atoms with E-state index in [1.54, 1.807) is 29.9 Å². The number of ether oxygens (including phenoxy) is 1. The van der Waals surface area contributed by atoms with E-state index in [4.69, 9.17) is 9.84 Å². The van der Waals surface area contributed by atoms with Crippen LogP contribution in [0.5, 0.6) is 11.6 Å². The van der Waals surface area contributed by atoms with Gasteiger partial charge in [-0.15, -0.1) is 6.58 Å².